The van der Waals surface area contributed by atoms with Crippen LogP contribution in [0.4, 0.5) is 0 Å². The molecule has 2 aromatic rings. The number of benzene rings is 2. The zero-order chi connectivity index (χ0) is 14.7. The number of hydrogen-bond donors (Lipinski definition) is 1. The fourth-order valence-corrected chi connectivity index (χ4v) is 2.37. The molecule has 0 aliphatic rings. The SMILES string of the molecule is Cc1ccc(C(=O)N[C@@H](C)c2ccc(C)cc2C)cc1. The van der Waals surface area contributed by atoms with E-state index < -0.39 is 0 Å². The monoisotopic (exact) mass is 267 g/mol. The molecular formula is C18H21NO. The summed E-state index contributed by atoms with van der Waals surface area (Å²) in [6.07, 6.45) is 0. The van der Waals surface area contributed by atoms with Crippen molar-refractivity contribution in [3.05, 3.63) is 70.3 Å². The second-order valence-corrected chi connectivity index (χ2v) is 5.42. The Kier molecular flexibility index (Phi) is 4.23. The molecule has 104 valence electrons. The summed E-state index contributed by atoms with van der Waals surface area (Å²) >= 11 is 0. The van der Waals surface area contributed by atoms with Gasteiger partial charge in [0.1, 0.15) is 0 Å². The number of nitrogens with one attached hydrogen (secondary N) is 1. The van der Waals surface area contributed by atoms with Crippen LogP contribution in [0.25, 0.3) is 0 Å². The first-order chi connectivity index (χ1) is 9.47. The first-order valence-electron chi connectivity index (χ1n) is 6.92. The maximum absolute atomic E-state index is 12.2. The molecule has 0 fully saturated rings. The van der Waals surface area contributed by atoms with Crippen molar-refractivity contribution in [3.8, 4) is 0 Å². The molecule has 0 spiro atoms. The molecule has 0 heterocycles. The van der Waals surface area contributed by atoms with Crippen LogP contribution in [0.3, 0.4) is 0 Å². The Labute approximate surface area is 120 Å². The molecule has 2 heteroatoms. The molecule has 0 aromatic heterocycles. The zero-order valence-electron chi connectivity index (χ0n) is 12.5. The van der Waals surface area contributed by atoms with Gasteiger partial charge < -0.3 is 5.32 Å². The van der Waals surface area contributed by atoms with Gasteiger partial charge in [0.2, 0.25) is 0 Å². The van der Waals surface area contributed by atoms with Gasteiger partial charge in [0.25, 0.3) is 5.91 Å². The first kappa shape index (κ1) is 14.3. The van der Waals surface area contributed by atoms with Gasteiger partial charge in [-0.2, -0.15) is 0 Å². The molecular weight excluding hydrogens is 246 g/mol. The smallest absolute Gasteiger partial charge is 0.251 e. The molecule has 0 radical (unpaired) electrons. The Morgan fingerprint density at radius 2 is 1.55 bits per heavy atom. The summed E-state index contributed by atoms with van der Waals surface area (Å²) in [5, 5.41) is 3.05. The number of hydrogen-bond acceptors (Lipinski definition) is 1. The van der Waals surface area contributed by atoms with Gasteiger partial charge in [-0.15, -0.1) is 0 Å². The predicted molar refractivity (Wildman–Crippen MR) is 83.0 cm³/mol. The highest BCUT2D eigenvalue weighted by Crippen LogP contribution is 2.19. The summed E-state index contributed by atoms with van der Waals surface area (Å²) in [5.41, 5.74) is 5.47. The van der Waals surface area contributed by atoms with Crippen molar-refractivity contribution in [2.24, 2.45) is 0 Å². The Morgan fingerprint density at radius 1 is 0.950 bits per heavy atom. The molecule has 20 heavy (non-hydrogen) atoms. The minimum atomic E-state index is -0.0301. The summed E-state index contributed by atoms with van der Waals surface area (Å²) in [7, 11) is 0. The highest BCUT2D eigenvalue weighted by Gasteiger charge is 2.12. The van der Waals surface area contributed by atoms with E-state index in [-0.39, 0.29) is 11.9 Å². The predicted octanol–water partition coefficient (Wildman–Crippen LogP) is 4.10. The molecule has 0 bridgehead atoms. The lowest BCUT2D eigenvalue weighted by Crippen LogP contribution is -2.27. The standard InChI is InChI=1S/C18H21NO/c1-12-5-8-16(9-6-12)18(20)19-15(4)17-10-7-13(2)11-14(17)3/h5-11,15H,1-4H3,(H,19,20)/t15-/m0/s1. The molecule has 0 unspecified atom stereocenters. The van der Waals surface area contributed by atoms with Crippen LogP contribution in [0.15, 0.2) is 42.5 Å². The van der Waals surface area contributed by atoms with E-state index in [2.05, 4.69) is 37.4 Å². The summed E-state index contributed by atoms with van der Waals surface area (Å²) in [6, 6.07) is 13.9. The molecule has 2 nitrogen and oxygen atoms in total. The summed E-state index contributed by atoms with van der Waals surface area (Å²) < 4.78 is 0. The van der Waals surface area contributed by atoms with Crippen LogP contribution < -0.4 is 5.32 Å². The van der Waals surface area contributed by atoms with Crippen LogP contribution in [0.5, 0.6) is 0 Å². The van der Waals surface area contributed by atoms with Crippen molar-refractivity contribution in [1.29, 1.82) is 0 Å². The van der Waals surface area contributed by atoms with E-state index >= 15 is 0 Å². The van der Waals surface area contributed by atoms with Gasteiger partial charge in [-0.1, -0.05) is 41.5 Å². The third-order valence-electron chi connectivity index (χ3n) is 3.55. The number of rotatable bonds is 3. The van der Waals surface area contributed by atoms with Crippen molar-refractivity contribution in [2.45, 2.75) is 33.7 Å². The van der Waals surface area contributed by atoms with Gasteiger partial charge in [-0.25, -0.2) is 0 Å². The number of amides is 1. The average molecular weight is 267 g/mol. The van der Waals surface area contributed by atoms with Gasteiger partial charge in [0.15, 0.2) is 0 Å². The van der Waals surface area contributed by atoms with Crippen LogP contribution in [0, 0.1) is 20.8 Å². The fourth-order valence-electron chi connectivity index (χ4n) is 2.37. The lowest BCUT2D eigenvalue weighted by Gasteiger charge is -2.17. The van der Waals surface area contributed by atoms with E-state index in [1.165, 1.54) is 11.1 Å². The zero-order valence-corrected chi connectivity index (χ0v) is 12.5. The van der Waals surface area contributed by atoms with Crippen LogP contribution in [0.2, 0.25) is 0 Å². The van der Waals surface area contributed by atoms with Crippen LogP contribution in [-0.4, -0.2) is 5.91 Å². The van der Waals surface area contributed by atoms with Crippen molar-refractivity contribution in [3.63, 3.8) is 0 Å². The maximum atomic E-state index is 12.2. The molecule has 2 aromatic carbocycles. The third kappa shape index (κ3) is 3.27. The van der Waals surface area contributed by atoms with Gasteiger partial charge in [0, 0.05) is 5.56 Å². The second-order valence-electron chi connectivity index (χ2n) is 5.42. The Morgan fingerprint density at radius 3 is 2.15 bits per heavy atom. The lowest BCUT2D eigenvalue weighted by atomic mass is 10.00. The molecule has 0 saturated heterocycles. The summed E-state index contributed by atoms with van der Waals surface area (Å²) in [5.74, 6) is -0.0301. The van der Waals surface area contributed by atoms with Crippen LogP contribution in [-0.2, 0) is 0 Å². The van der Waals surface area contributed by atoms with E-state index in [0.29, 0.717) is 5.56 Å². The van der Waals surface area contributed by atoms with Gasteiger partial charge >= 0.3 is 0 Å². The summed E-state index contributed by atoms with van der Waals surface area (Å²) in [6.45, 7) is 8.19. The molecule has 0 aliphatic carbocycles. The van der Waals surface area contributed by atoms with E-state index in [1.54, 1.807) is 0 Å². The van der Waals surface area contributed by atoms with E-state index in [0.717, 1.165) is 11.1 Å². The number of aryl methyl sites for hydroxylation is 3. The Bertz CT molecular complexity index is 614. The molecule has 1 amide bonds. The molecule has 1 atom stereocenters. The van der Waals surface area contributed by atoms with Crippen LogP contribution >= 0.6 is 0 Å². The quantitative estimate of drug-likeness (QED) is 0.891. The highest BCUT2D eigenvalue weighted by atomic mass is 16.1. The molecule has 1 N–H and O–H groups in total. The third-order valence-corrected chi connectivity index (χ3v) is 3.55. The molecule has 0 saturated carbocycles. The minimum absolute atomic E-state index is 0.00408. The fraction of sp³-hybridized carbons (Fsp3) is 0.278. The van der Waals surface area contributed by atoms with Gasteiger partial charge in [-0.3, -0.25) is 4.79 Å². The minimum Gasteiger partial charge on any atom is -0.346 e. The number of carbonyl (C=O) groups is 1. The average Bonchev–Trinajstić information content (AvgIpc) is 2.39. The lowest BCUT2D eigenvalue weighted by molar-refractivity contribution is 0.0940. The van der Waals surface area contributed by atoms with Gasteiger partial charge in [-0.05, 0) is 51.0 Å². The topological polar surface area (TPSA) is 29.1 Å². The van der Waals surface area contributed by atoms with Crippen molar-refractivity contribution >= 4 is 5.91 Å². The second kappa shape index (κ2) is 5.91. The van der Waals surface area contributed by atoms with E-state index in [9.17, 15) is 4.79 Å². The largest absolute Gasteiger partial charge is 0.346 e. The Hall–Kier alpha value is -2.09. The number of carbonyl (C=O) groups excluding carboxylic acids is 1. The molecule has 2 rings (SSSR count). The van der Waals surface area contributed by atoms with Crippen molar-refractivity contribution in [1.82, 2.24) is 5.32 Å². The normalized spacial score (nSPS) is 12.0. The van der Waals surface area contributed by atoms with E-state index in [1.807, 2.05) is 38.1 Å². The van der Waals surface area contributed by atoms with Crippen LogP contribution in [0.1, 0.15) is 45.6 Å². The van der Waals surface area contributed by atoms with E-state index in [4.69, 9.17) is 0 Å². The first-order valence-corrected chi connectivity index (χ1v) is 6.92. The van der Waals surface area contributed by atoms with Gasteiger partial charge in [0.05, 0.1) is 6.04 Å². The Balaban J connectivity index is 2.12. The van der Waals surface area contributed by atoms with Crippen molar-refractivity contribution in [2.75, 3.05) is 0 Å². The molecule has 0 aliphatic heterocycles. The van der Waals surface area contributed by atoms with Crippen molar-refractivity contribution < 1.29 is 4.79 Å². The maximum Gasteiger partial charge on any atom is 0.251 e. The highest BCUT2D eigenvalue weighted by molar-refractivity contribution is 5.94. The summed E-state index contributed by atoms with van der Waals surface area (Å²) in [4.78, 5) is 12.2.